The van der Waals surface area contributed by atoms with E-state index in [-0.39, 0.29) is 6.61 Å². The Hall–Kier alpha value is -3.26. The third kappa shape index (κ3) is 4.18. The van der Waals surface area contributed by atoms with Gasteiger partial charge in [0.15, 0.2) is 16.6 Å². The largest absolute Gasteiger partial charge is 0.493 e. The van der Waals surface area contributed by atoms with Gasteiger partial charge in [-0.2, -0.15) is 0 Å². The first-order valence-electron chi connectivity index (χ1n) is 9.38. The topological polar surface area (TPSA) is 78.1 Å². The molecule has 0 unspecified atom stereocenters. The van der Waals surface area contributed by atoms with Gasteiger partial charge in [0, 0.05) is 0 Å². The second kappa shape index (κ2) is 9.49. The van der Waals surface area contributed by atoms with Crippen molar-refractivity contribution in [2.45, 2.75) is 13.0 Å². The van der Waals surface area contributed by atoms with Crippen molar-refractivity contribution in [3.8, 4) is 17.2 Å². The number of hydrogen-bond donors (Lipinski definition) is 2. The minimum absolute atomic E-state index is 0.247. The number of benzene rings is 2. The Bertz CT molecular complexity index is 950. The number of ether oxygens (including phenoxy) is 4. The summed E-state index contributed by atoms with van der Waals surface area (Å²) in [7, 11) is 4.62. The second-order valence-corrected chi connectivity index (χ2v) is 6.77. The van der Waals surface area contributed by atoms with E-state index in [2.05, 4.69) is 10.6 Å². The van der Waals surface area contributed by atoms with Crippen LogP contribution in [0, 0.1) is 0 Å². The summed E-state index contributed by atoms with van der Waals surface area (Å²) < 4.78 is 21.7. The number of esters is 1. The minimum atomic E-state index is -0.582. The zero-order valence-electron chi connectivity index (χ0n) is 17.3. The summed E-state index contributed by atoms with van der Waals surface area (Å²) in [6.07, 6.45) is 0. The Morgan fingerprint density at radius 1 is 1.03 bits per heavy atom. The molecule has 1 aliphatic rings. The zero-order chi connectivity index (χ0) is 21.7. The highest BCUT2D eigenvalue weighted by molar-refractivity contribution is 7.80. The molecular weight excluding hydrogens is 404 g/mol. The fourth-order valence-electron chi connectivity index (χ4n) is 3.34. The number of thiocarbonyl (C=S) groups is 1. The van der Waals surface area contributed by atoms with Crippen LogP contribution in [0.1, 0.15) is 24.1 Å². The van der Waals surface area contributed by atoms with Gasteiger partial charge in [-0.1, -0.05) is 30.3 Å². The lowest BCUT2D eigenvalue weighted by Crippen LogP contribution is -2.45. The molecule has 1 aliphatic heterocycles. The van der Waals surface area contributed by atoms with Crippen LogP contribution in [0.15, 0.2) is 48.0 Å². The molecule has 3 rings (SSSR count). The van der Waals surface area contributed by atoms with E-state index in [4.69, 9.17) is 31.2 Å². The van der Waals surface area contributed by atoms with Gasteiger partial charge in [0.05, 0.1) is 45.2 Å². The number of hydrogen-bond acceptors (Lipinski definition) is 6. The highest BCUT2D eigenvalue weighted by Gasteiger charge is 2.34. The molecule has 7 nitrogen and oxygen atoms in total. The highest BCUT2D eigenvalue weighted by Crippen LogP contribution is 2.42. The maximum absolute atomic E-state index is 13.0. The minimum Gasteiger partial charge on any atom is -0.493 e. The van der Waals surface area contributed by atoms with E-state index in [1.807, 2.05) is 30.3 Å². The van der Waals surface area contributed by atoms with Crippen molar-refractivity contribution < 1.29 is 23.7 Å². The third-order valence-electron chi connectivity index (χ3n) is 4.65. The molecule has 2 aromatic rings. The molecule has 0 saturated carbocycles. The molecule has 0 fully saturated rings. The fourth-order valence-corrected chi connectivity index (χ4v) is 3.56. The molecule has 8 heteroatoms. The summed E-state index contributed by atoms with van der Waals surface area (Å²) in [5.41, 5.74) is 2.54. The molecule has 2 aromatic carbocycles. The van der Waals surface area contributed by atoms with Crippen LogP contribution in [0.2, 0.25) is 0 Å². The number of carbonyl (C=O) groups excluding carboxylic acids is 1. The third-order valence-corrected chi connectivity index (χ3v) is 4.87. The molecule has 0 spiro atoms. The van der Waals surface area contributed by atoms with E-state index in [0.29, 0.717) is 39.2 Å². The van der Waals surface area contributed by atoms with Gasteiger partial charge < -0.3 is 29.6 Å². The maximum atomic E-state index is 13.0. The van der Waals surface area contributed by atoms with Gasteiger partial charge in [-0.25, -0.2) is 4.79 Å². The SMILES string of the molecule is CCOC(=O)C1=C(c2ccccc2)NC(=S)N[C@@H]1c1cc(OC)c(OC)c(OC)c1. The summed E-state index contributed by atoms with van der Waals surface area (Å²) in [6.45, 7) is 2.01. The highest BCUT2D eigenvalue weighted by atomic mass is 32.1. The molecule has 0 amide bonds. The predicted octanol–water partition coefficient (Wildman–Crippen LogP) is 3.21. The van der Waals surface area contributed by atoms with Gasteiger partial charge in [0.1, 0.15) is 0 Å². The van der Waals surface area contributed by atoms with E-state index in [1.54, 1.807) is 33.3 Å². The summed E-state index contributed by atoms with van der Waals surface area (Å²) in [5, 5.41) is 6.67. The number of methoxy groups -OCH3 is 3. The van der Waals surface area contributed by atoms with Crippen LogP contribution in [-0.4, -0.2) is 39.0 Å². The number of rotatable bonds is 7. The van der Waals surface area contributed by atoms with Crippen LogP contribution in [0.25, 0.3) is 5.70 Å². The Kier molecular flexibility index (Phi) is 6.79. The summed E-state index contributed by atoms with van der Waals surface area (Å²) in [6, 6.07) is 12.5. The molecule has 0 bridgehead atoms. The van der Waals surface area contributed by atoms with Gasteiger partial charge in [-0.3, -0.25) is 0 Å². The van der Waals surface area contributed by atoms with Crippen molar-refractivity contribution in [1.82, 2.24) is 10.6 Å². The molecule has 0 saturated heterocycles. The van der Waals surface area contributed by atoms with Gasteiger partial charge in [0.2, 0.25) is 5.75 Å². The van der Waals surface area contributed by atoms with Crippen LogP contribution in [-0.2, 0) is 9.53 Å². The van der Waals surface area contributed by atoms with Gasteiger partial charge in [-0.05, 0) is 42.4 Å². The molecule has 2 N–H and O–H groups in total. The van der Waals surface area contributed by atoms with E-state index in [1.165, 1.54) is 7.11 Å². The predicted molar refractivity (Wildman–Crippen MR) is 118 cm³/mol. The summed E-state index contributed by atoms with van der Waals surface area (Å²) in [4.78, 5) is 13.0. The van der Waals surface area contributed by atoms with Crippen LogP contribution in [0.5, 0.6) is 17.2 Å². The number of carbonyl (C=O) groups is 1. The lowest BCUT2D eigenvalue weighted by atomic mass is 9.92. The Balaban J connectivity index is 2.23. The molecular formula is C22H24N2O5S. The van der Waals surface area contributed by atoms with Crippen LogP contribution in [0.3, 0.4) is 0 Å². The van der Waals surface area contributed by atoms with Gasteiger partial charge in [-0.15, -0.1) is 0 Å². The lowest BCUT2D eigenvalue weighted by molar-refractivity contribution is -0.138. The Morgan fingerprint density at radius 3 is 2.20 bits per heavy atom. The van der Waals surface area contributed by atoms with Gasteiger partial charge >= 0.3 is 5.97 Å². The standard InChI is InChI=1S/C22H24N2O5S/c1-5-29-21(25)17-18(13-9-7-6-8-10-13)23-22(30)24-19(17)14-11-15(26-2)20(28-4)16(12-14)27-3/h6-12,19H,5H2,1-4H3,(H2,23,24,30)/t19-/m1/s1. The number of nitrogens with one attached hydrogen (secondary N) is 2. The maximum Gasteiger partial charge on any atom is 0.338 e. The van der Waals surface area contributed by atoms with E-state index >= 15 is 0 Å². The summed E-state index contributed by atoms with van der Waals surface area (Å²) in [5.74, 6) is 0.966. The van der Waals surface area contributed by atoms with Crippen molar-refractivity contribution in [3.63, 3.8) is 0 Å². The average Bonchev–Trinajstić information content (AvgIpc) is 2.78. The van der Waals surface area contributed by atoms with Crippen LogP contribution >= 0.6 is 12.2 Å². The lowest BCUT2D eigenvalue weighted by Gasteiger charge is -2.31. The van der Waals surface area contributed by atoms with Crippen LogP contribution < -0.4 is 24.8 Å². The Morgan fingerprint density at radius 2 is 1.67 bits per heavy atom. The molecule has 0 radical (unpaired) electrons. The van der Waals surface area contributed by atoms with E-state index in [9.17, 15) is 4.79 Å². The van der Waals surface area contributed by atoms with Crippen molar-refractivity contribution in [2.24, 2.45) is 0 Å². The molecule has 0 aromatic heterocycles. The first-order valence-corrected chi connectivity index (χ1v) is 9.78. The molecule has 1 atom stereocenters. The fraction of sp³-hybridized carbons (Fsp3) is 0.273. The molecule has 158 valence electrons. The Labute approximate surface area is 181 Å². The average molecular weight is 429 g/mol. The van der Waals surface area contributed by atoms with Crippen molar-refractivity contribution in [1.29, 1.82) is 0 Å². The smallest absolute Gasteiger partial charge is 0.338 e. The monoisotopic (exact) mass is 428 g/mol. The first kappa shape index (κ1) is 21.4. The molecule has 30 heavy (non-hydrogen) atoms. The first-order chi connectivity index (χ1) is 14.5. The van der Waals surface area contributed by atoms with Crippen molar-refractivity contribution >= 4 is 29.0 Å². The quantitative estimate of drug-likeness (QED) is 0.514. The van der Waals surface area contributed by atoms with Crippen molar-refractivity contribution in [3.05, 3.63) is 59.2 Å². The molecule has 1 heterocycles. The van der Waals surface area contributed by atoms with Crippen molar-refractivity contribution in [2.75, 3.05) is 27.9 Å². The molecule has 0 aliphatic carbocycles. The van der Waals surface area contributed by atoms with E-state index < -0.39 is 12.0 Å². The zero-order valence-corrected chi connectivity index (χ0v) is 18.1. The second-order valence-electron chi connectivity index (χ2n) is 6.37. The normalized spacial score (nSPS) is 15.7. The van der Waals surface area contributed by atoms with E-state index in [0.717, 1.165) is 5.56 Å². The summed E-state index contributed by atoms with van der Waals surface area (Å²) >= 11 is 5.44. The van der Waals surface area contributed by atoms with Gasteiger partial charge in [0.25, 0.3) is 0 Å². The van der Waals surface area contributed by atoms with Crippen LogP contribution in [0.4, 0.5) is 0 Å².